The molecule has 0 amide bonds. The number of unbranched alkanes of at least 4 members (excludes halogenated alkanes) is 3. The molecule has 98 valence electrons. The van der Waals surface area contributed by atoms with E-state index in [2.05, 4.69) is 12.2 Å². The van der Waals surface area contributed by atoms with Crippen LogP contribution in [0.5, 0.6) is 5.75 Å². The topological polar surface area (TPSA) is 46.5 Å². The van der Waals surface area contributed by atoms with Crippen LogP contribution in [-0.4, -0.2) is 18.2 Å². The highest BCUT2D eigenvalue weighted by molar-refractivity contribution is 5.66. The number of ether oxygens (including phenoxy) is 1. The highest BCUT2D eigenvalue weighted by atomic mass is 16.5. The van der Waals surface area contributed by atoms with E-state index < -0.39 is 5.97 Å². The van der Waals surface area contributed by atoms with E-state index in [1.54, 1.807) is 7.11 Å². The summed E-state index contributed by atoms with van der Waals surface area (Å²) < 4.78 is 5.09. The van der Waals surface area contributed by atoms with Gasteiger partial charge in [-0.05, 0) is 37.0 Å². The molecule has 1 aromatic rings. The molecule has 1 aromatic carbocycles. The molecule has 0 aromatic heterocycles. The van der Waals surface area contributed by atoms with Crippen molar-refractivity contribution in [2.75, 3.05) is 7.11 Å². The second kappa shape index (κ2) is 8.34. The Hall–Kier alpha value is -1.77. The van der Waals surface area contributed by atoms with Gasteiger partial charge in [0.15, 0.2) is 0 Å². The molecule has 0 spiro atoms. The summed E-state index contributed by atoms with van der Waals surface area (Å²) in [6, 6.07) is 7.90. The third kappa shape index (κ3) is 6.09. The Kier molecular flexibility index (Phi) is 6.62. The van der Waals surface area contributed by atoms with Gasteiger partial charge in [-0.2, -0.15) is 0 Å². The van der Waals surface area contributed by atoms with Crippen molar-refractivity contribution >= 4 is 12.0 Å². The van der Waals surface area contributed by atoms with Gasteiger partial charge in [0, 0.05) is 6.42 Å². The van der Waals surface area contributed by atoms with E-state index in [1.807, 2.05) is 24.3 Å². The monoisotopic (exact) mass is 248 g/mol. The van der Waals surface area contributed by atoms with Crippen molar-refractivity contribution < 1.29 is 14.6 Å². The van der Waals surface area contributed by atoms with Gasteiger partial charge in [-0.3, -0.25) is 4.79 Å². The van der Waals surface area contributed by atoms with Crippen LogP contribution >= 0.6 is 0 Å². The van der Waals surface area contributed by atoms with Crippen LogP contribution in [0.4, 0.5) is 0 Å². The molecule has 0 aliphatic heterocycles. The number of rotatable bonds is 8. The average Bonchev–Trinajstić information content (AvgIpc) is 2.38. The molecule has 18 heavy (non-hydrogen) atoms. The summed E-state index contributed by atoms with van der Waals surface area (Å²) in [4.78, 5) is 10.3. The van der Waals surface area contributed by atoms with Crippen LogP contribution in [-0.2, 0) is 4.79 Å². The van der Waals surface area contributed by atoms with Gasteiger partial charge < -0.3 is 9.84 Å². The van der Waals surface area contributed by atoms with Gasteiger partial charge in [0.1, 0.15) is 5.75 Å². The number of hydrogen-bond donors (Lipinski definition) is 1. The number of hydrogen-bond acceptors (Lipinski definition) is 2. The van der Waals surface area contributed by atoms with Gasteiger partial charge in [-0.15, -0.1) is 0 Å². The Morgan fingerprint density at radius 2 is 1.94 bits per heavy atom. The maximum Gasteiger partial charge on any atom is 0.303 e. The molecule has 0 saturated carbocycles. The number of carbonyl (C=O) groups is 1. The fourth-order valence-electron chi connectivity index (χ4n) is 1.65. The number of carboxylic acids is 1. The maximum atomic E-state index is 10.3. The number of aliphatic carboxylic acids is 1. The van der Waals surface area contributed by atoms with Gasteiger partial charge in [0.25, 0.3) is 0 Å². The molecule has 3 nitrogen and oxygen atoms in total. The van der Waals surface area contributed by atoms with Crippen LogP contribution in [0.25, 0.3) is 6.08 Å². The van der Waals surface area contributed by atoms with Gasteiger partial charge >= 0.3 is 5.97 Å². The van der Waals surface area contributed by atoms with Crippen LogP contribution < -0.4 is 4.74 Å². The minimum absolute atomic E-state index is 0.280. The second-order valence-corrected chi connectivity index (χ2v) is 4.17. The Morgan fingerprint density at radius 3 is 2.56 bits per heavy atom. The molecule has 1 rings (SSSR count). The molecular weight excluding hydrogens is 228 g/mol. The van der Waals surface area contributed by atoms with Crippen molar-refractivity contribution in [3.63, 3.8) is 0 Å². The van der Waals surface area contributed by atoms with Crippen LogP contribution in [0.2, 0.25) is 0 Å². The third-order valence-corrected chi connectivity index (χ3v) is 2.69. The summed E-state index contributed by atoms with van der Waals surface area (Å²) in [6.07, 6.45) is 8.26. The summed E-state index contributed by atoms with van der Waals surface area (Å²) in [5.41, 5.74) is 1.15. The molecule has 0 aliphatic rings. The van der Waals surface area contributed by atoms with Gasteiger partial charge in [-0.25, -0.2) is 0 Å². The number of methoxy groups -OCH3 is 1. The van der Waals surface area contributed by atoms with Crippen molar-refractivity contribution in [2.45, 2.75) is 32.1 Å². The van der Waals surface area contributed by atoms with Crippen molar-refractivity contribution in [1.82, 2.24) is 0 Å². The van der Waals surface area contributed by atoms with Crippen molar-refractivity contribution in [3.05, 3.63) is 35.9 Å². The normalized spacial score (nSPS) is 10.7. The predicted molar refractivity (Wildman–Crippen MR) is 72.7 cm³/mol. The highest BCUT2D eigenvalue weighted by Gasteiger charge is 1.95. The lowest BCUT2D eigenvalue weighted by molar-refractivity contribution is -0.137. The first-order chi connectivity index (χ1) is 8.72. The third-order valence-electron chi connectivity index (χ3n) is 2.69. The Labute approximate surface area is 108 Å². The lowest BCUT2D eigenvalue weighted by Crippen LogP contribution is -1.93. The van der Waals surface area contributed by atoms with Crippen molar-refractivity contribution in [2.24, 2.45) is 0 Å². The molecule has 0 heterocycles. The molecule has 3 heteroatoms. The Bertz CT molecular complexity index is 379. The zero-order valence-corrected chi connectivity index (χ0v) is 10.8. The lowest BCUT2D eigenvalue weighted by Gasteiger charge is -1.99. The fourth-order valence-corrected chi connectivity index (χ4v) is 1.65. The van der Waals surface area contributed by atoms with Crippen LogP contribution in [0.3, 0.4) is 0 Å². The average molecular weight is 248 g/mol. The minimum atomic E-state index is -0.705. The molecule has 0 aliphatic carbocycles. The van der Waals surface area contributed by atoms with Crippen molar-refractivity contribution in [3.8, 4) is 5.75 Å². The van der Waals surface area contributed by atoms with E-state index in [1.165, 1.54) is 0 Å². The van der Waals surface area contributed by atoms with Crippen molar-refractivity contribution in [1.29, 1.82) is 0 Å². The molecule has 0 unspecified atom stereocenters. The zero-order valence-electron chi connectivity index (χ0n) is 10.8. The smallest absolute Gasteiger partial charge is 0.303 e. The number of benzene rings is 1. The molecule has 0 saturated heterocycles. The Morgan fingerprint density at radius 1 is 1.22 bits per heavy atom. The van der Waals surface area contributed by atoms with Crippen LogP contribution in [0, 0.1) is 0 Å². The summed E-state index contributed by atoms with van der Waals surface area (Å²) in [7, 11) is 1.65. The standard InChI is InChI=1S/C15H20O3/c1-18-14-11-9-13(10-12-14)7-5-3-2-4-6-8-15(16)17/h5,7,9-12H,2-4,6,8H2,1H3,(H,16,17). The molecular formula is C15H20O3. The first-order valence-corrected chi connectivity index (χ1v) is 6.25. The predicted octanol–water partition coefficient (Wildman–Crippen LogP) is 3.74. The quantitative estimate of drug-likeness (QED) is 0.713. The van der Waals surface area contributed by atoms with E-state index in [9.17, 15) is 4.79 Å². The van der Waals surface area contributed by atoms with E-state index >= 15 is 0 Å². The largest absolute Gasteiger partial charge is 0.497 e. The SMILES string of the molecule is COc1ccc(C=CCCCCCC(=O)O)cc1. The molecule has 0 atom stereocenters. The molecule has 1 N–H and O–H groups in total. The zero-order chi connectivity index (χ0) is 13.2. The van der Waals surface area contributed by atoms with E-state index in [-0.39, 0.29) is 6.42 Å². The summed E-state index contributed by atoms with van der Waals surface area (Å²) in [6.45, 7) is 0. The summed E-state index contributed by atoms with van der Waals surface area (Å²) >= 11 is 0. The van der Waals surface area contributed by atoms with Gasteiger partial charge in [0.05, 0.1) is 7.11 Å². The van der Waals surface area contributed by atoms with E-state index in [4.69, 9.17) is 9.84 Å². The second-order valence-electron chi connectivity index (χ2n) is 4.17. The fraction of sp³-hybridized carbons (Fsp3) is 0.400. The first kappa shape index (κ1) is 14.3. The van der Waals surface area contributed by atoms with Gasteiger partial charge in [-0.1, -0.05) is 30.7 Å². The minimum Gasteiger partial charge on any atom is -0.497 e. The Balaban J connectivity index is 2.17. The van der Waals surface area contributed by atoms with E-state index in [0.29, 0.717) is 0 Å². The lowest BCUT2D eigenvalue weighted by atomic mass is 10.1. The highest BCUT2D eigenvalue weighted by Crippen LogP contribution is 2.13. The summed E-state index contributed by atoms with van der Waals surface area (Å²) in [5.74, 6) is 0.157. The number of allylic oxidation sites excluding steroid dienone is 1. The molecule has 0 radical (unpaired) electrons. The maximum absolute atomic E-state index is 10.3. The molecule has 0 fully saturated rings. The number of carboxylic acid groups (broad SMARTS) is 1. The first-order valence-electron chi connectivity index (χ1n) is 6.25. The summed E-state index contributed by atoms with van der Waals surface area (Å²) in [5, 5.41) is 8.48. The van der Waals surface area contributed by atoms with E-state index in [0.717, 1.165) is 37.0 Å². The van der Waals surface area contributed by atoms with Gasteiger partial charge in [0.2, 0.25) is 0 Å². The van der Waals surface area contributed by atoms with Crippen LogP contribution in [0.1, 0.15) is 37.7 Å². The molecule has 0 bridgehead atoms. The van der Waals surface area contributed by atoms with Crippen LogP contribution in [0.15, 0.2) is 30.3 Å².